The number of H-pyrrole nitrogens is 1. The molecule has 0 radical (unpaired) electrons. The molecule has 0 saturated carbocycles. The second-order valence-electron chi connectivity index (χ2n) is 4.66. The third-order valence-corrected chi connectivity index (χ3v) is 4.48. The molecule has 0 aliphatic heterocycles. The highest BCUT2D eigenvalue weighted by Gasteiger charge is 2.23. The number of sulfonamides is 1. The summed E-state index contributed by atoms with van der Waals surface area (Å²) in [5.74, 6) is 0. The van der Waals surface area contributed by atoms with E-state index in [9.17, 15) is 8.42 Å². The lowest BCUT2D eigenvalue weighted by Crippen LogP contribution is -2.18. The van der Waals surface area contributed by atoms with Crippen LogP contribution in [0, 0.1) is 13.8 Å². The molecule has 7 nitrogen and oxygen atoms in total. The van der Waals surface area contributed by atoms with Gasteiger partial charge < -0.3 is 4.90 Å². The maximum atomic E-state index is 12.5. The molecule has 0 aliphatic rings. The molecule has 0 fully saturated rings. The quantitative estimate of drug-likeness (QED) is 0.887. The normalized spacial score (nSPS) is 11.4. The Morgan fingerprint density at radius 3 is 2.55 bits per heavy atom. The Balaban J connectivity index is 2.45. The summed E-state index contributed by atoms with van der Waals surface area (Å²) < 4.78 is 27.5. The fourth-order valence-electron chi connectivity index (χ4n) is 1.99. The smallest absolute Gasteiger partial charge is 0.265 e. The second-order valence-corrected chi connectivity index (χ2v) is 6.28. The monoisotopic (exact) mass is 295 g/mol. The van der Waals surface area contributed by atoms with E-state index in [0.29, 0.717) is 17.1 Å². The predicted octanol–water partition coefficient (Wildman–Crippen LogP) is 1.29. The van der Waals surface area contributed by atoms with E-state index in [1.807, 2.05) is 19.0 Å². The van der Waals surface area contributed by atoms with Gasteiger partial charge in [-0.2, -0.15) is 5.10 Å². The molecule has 20 heavy (non-hydrogen) atoms. The fraction of sp³-hybridized carbons (Fsp3) is 0.333. The van der Waals surface area contributed by atoms with Crippen LogP contribution < -0.4 is 9.62 Å². The zero-order valence-corrected chi connectivity index (χ0v) is 12.6. The van der Waals surface area contributed by atoms with Gasteiger partial charge in [0.25, 0.3) is 10.0 Å². The number of nitrogens with zero attached hydrogens (tertiary/aromatic N) is 3. The molecule has 0 aromatic carbocycles. The van der Waals surface area contributed by atoms with Gasteiger partial charge in [-0.3, -0.25) is 14.8 Å². The highest BCUT2D eigenvalue weighted by atomic mass is 32.2. The lowest BCUT2D eigenvalue weighted by Gasteiger charge is -2.17. The number of aromatic amines is 1. The van der Waals surface area contributed by atoms with Crippen molar-refractivity contribution in [1.29, 1.82) is 0 Å². The molecule has 0 spiro atoms. The minimum atomic E-state index is -3.70. The van der Waals surface area contributed by atoms with Gasteiger partial charge in [-0.15, -0.1) is 0 Å². The van der Waals surface area contributed by atoms with Crippen LogP contribution in [0.15, 0.2) is 23.4 Å². The Labute approximate surface area is 118 Å². The van der Waals surface area contributed by atoms with Gasteiger partial charge in [0.05, 0.1) is 29.0 Å². The zero-order chi connectivity index (χ0) is 14.9. The topological polar surface area (TPSA) is 91.0 Å². The van der Waals surface area contributed by atoms with Gasteiger partial charge in [0, 0.05) is 20.3 Å². The summed E-state index contributed by atoms with van der Waals surface area (Å²) in [5, 5.41) is 6.58. The predicted molar refractivity (Wildman–Crippen MR) is 77.4 cm³/mol. The Morgan fingerprint density at radius 2 is 2.00 bits per heavy atom. The first-order valence-corrected chi connectivity index (χ1v) is 7.47. The summed E-state index contributed by atoms with van der Waals surface area (Å²) >= 11 is 0. The van der Waals surface area contributed by atoms with Crippen molar-refractivity contribution >= 4 is 21.4 Å². The first-order valence-electron chi connectivity index (χ1n) is 5.98. The lowest BCUT2D eigenvalue weighted by molar-refractivity contribution is 0.600. The first kappa shape index (κ1) is 14.3. The molecule has 2 aromatic rings. The summed E-state index contributed by atoms with van der Waals surface area (Å²) in [6, 6.07) is 1.74. The van der Waals surface area contributed by atoms with Crippen LogP contribution in [0.2, 0.25) is 0 Å². The molecular weight excluding hydrogens is 278 g/mol. The van der Waals surface area contributed by atoms with E-state index in [2.05, 4.69) is 19.9 Å². The Bertz CT molecular complexity index is 702. The minimum Gasteiger partial charge on any atom is -0.376 e. The molecule has 0 atom stereocenters. The Morgan fingerprint density at radius 1 is 1.30 bits per heavy atom. The van der Waals surface area contributed by atoms with E-state index in [4.69, 9.17) is 0 Å². The van der Waals surface area contributed by atoms with E-state index >= 15 is 0 Å². The average molecular weight is 295 g/mol. The molecule has 8 heteroatoms. The number of anilines is 2. The van der Waals surface area contributed by atoms with Crippen molar-refractivity contribution in [3.05, 3.63) is 29.8 Å². The highest BCUT2D eigenvalue weighted by molar-refractivity contribution is 7.92. The van der Waals surface area contributed by atoms with Crippen molar-refractivity contribution in [2.45, 2.75) is 18.7 Å². The molecule has 0 aliphatic carbocycles. The number of hydrogen-bond donors (Lipinski definition) is 2. The van der Waals surface area contributed by atoms with Gasteiger partial charge in [-0.25, -0.2) is 8.42 Å². The van der Waals surface area contributed by atoms with Crippen LogP contribution in [0.25, 0.3) is 0 Å². The number of aromatic nitrogens is 3. The summed E-state index contributed by atoms with van der Waals surface area (Å²) in [6.07, 6.45) is 3.10. The fourth-order valence-corrected chi connectivity index (χ4v) is 3.42. The Hall–Kier alpha value is -2.09. The van der Waals surface area contributed by atoms with E-state index < -0.39 is 10.0 Å². The highest BCUT2D eigenvalue weighted by Crippen LogP contribution is 2.26. The van der Waals surface area contributed by atoms with Crippen LogP contribution in [-0.2, 0) is 10.0 Å². The zero-order valence-electron chi connectivity index (χ0n) is 11.8. The van der Waals surface area contributed by atoms with Crippen molar-refractivity contribution in [2.75, 3.05) is 23.7 Å². The van der Waals surface area contributed by atoms with Crippen molar-refractivity contribution in [3.8, 4) is 0 Å². The third-order valence-electron chi connectivity index (χ3n) is 2.85. The molecular formula is C12H17N5O2S. The van der Waals surface area contributed by atoms with Crippen LogP contribution in [0.5, 0.6) is 0 Å². The van der Waals surface area contributed by atoms with Crippen LogP contribution in [0.3, 0.4) is 0 Å². The summed E-state index contributed by atoms with van der Waals surface area (Å²) in [4.78, 5) is 5.95. The van der Waals surface area contributed by atoms with Crippen LogP contribution >= 0.6 is 0 Å². The van der Waals surface area contributed by atoms with E-state index in [1.54, 1.807) is 26.1 Å². The number of pyridine rings is 1. The molecule has 0 saturated heterocycles. The number of rotatable bonds is 4. The largest absolute Gasteiger partial charge is 0.376 e. The SMILES string of the molecule is Cc1n[nH]c(C)c1S(=O)(=O)Nc1cnccc1N(C)C. The molecule has 2 rings (SSSR count). The summed E-state index contributed by atoms with van der Waals surface area (Å²) in [7, 11) is -0.0282. The molecule has 0 unspecified atom stereocenters. The van der Waals surface area contributed by atoms with Gasteiger partial charge >= 0.3 is 0 Å². The molecule has 2 N–H and O–H groups in total. The van der Waals surface area contributed by atoms with E-state index in [1.165, 1.54) is 6.20 Å². The van der Waals surface area contributed by atoms with Gasteiger partial charge in [0.15, 0.2) is 0 Å². The molecule has 108 valence electrons. The average Bonchev–Trinajstić information content (AvgIpc) is 2.69. The third kappa shape index (κ3) is 2.60. The van der Waals surface area contributed by atoms with Gasteiger partial charge in [-0.1, -0.05) is 0 Å². The van der Waals surface area contributed by atoms with Gasteiger partial charge in [0.1, 0.15) is 4.90 Å². The van der Waals surface area contributed by atoms with Crippen LogP contribution in [0.4, 0.5) is 11.4 Å². The molecule has 0 amide bonds. The molecule has 2 heterocycles. The lowest BCUT2D eigenvalue weighted by atomic mass is 10.3. The number of aryl methyl sites for hydroxylation is 2. The van der Waals surface area contributed by atoms with Crippen molar-refractivity contribution in [3.63, 3.8) is 0 Å². The molecule has 0 bridgehead atoms. The van der Waals surface area contributed by atoms with E-state index in [0.717, 1.165) is 5.69 Å². The Kier molecular flexibility index (Phi) is 3.67. The second kappa shape index (κ2) is 5.12. The van der Waals surface area contributed by atoms with Crippen molar-refractivity contribution < 1.29 is 8.42 Å². The maximum absolute atomic E-state index is 12.5. The summed E-state index contributed by atoms with van der Waals surface area (Å²) in [5.41, 5.74) is 2.11. The van der Waals surface area contributed by atoms with Crippen LogP contribution in [0.1, 0.15) is 11.4 Å². The molecule has 2 aromatic heterocycles. The van der Waals surface area contributed by atoms with Crippen molar-refractivity contribution in [2.24, 2.45) is 0 Å². The van der Waals surface area contributed by atoms with Crippen LogP contribution in [-0.4, -0.2) is 37.7 Å². The van der Waals surface area contributed by atoms with E-state index in [-0.39, 0.29) is 4.90 Å². The number of nitrogens with one attached hydrogen (secondary N) is 2. The minimum absolute atomic E-state index is 0.172. The number of hydrogen-bond acceptors (Lipinski definition) is 5. The van der Waals surface area contributed by atoms with Gasteiger partial charge in [0.2, 0.25) is 0 Å². The first-order chi connectivity index (χ1) is 9.33. The maximum Gasteiger partial charge on any atom is 0.265 e. The standard InChI is InChI=1S/C12H17N5O2S/c1-8-12(9(2)15-14-8)20(18,19)16-10-7-13-6-5-11(10)17(3)4/h5-7,16H,1-4H3,(H,14,15). The summed E-state index contributed by atoms with van der Waals surface area (Å²) in [6.45, 7) is 3.32. The van der Waals surface area contributed by atoms with Crippen molar-refractivity contribution in [1.82, 2.24) is 15.2 Å². The van der Waals surface area contributed by atoms with Gasteiger partial charge in [-0.05, 0) is 19.9 Å².